The number of nitrogens with zero attached hydrogens (tertiary/aromatic N) is 3. The maximum atomic E-state index is 14.6. The number of piperazine rings is 1. The van der Waals surface area contributed by atoms with E-state index in [9.17, 15) is 9.18 Å². The van der Waals surface area contributed by atoms with Crippen LogP contribution in [-0.2, 0) is 6.42 Å². The second-order valence-corrected chi connectivity index (χ2v) is 15.7. The van der Waals surface area contributed by atoms with E-state index >= 15 is 0 Å². The number of halogens is 1. The van der Waals surface area contributed by atoms with Gasteiger partial charge in [0.15, 0.2) is 0 Å². The molecule has 0 aromatic heterocycles. The van der Waals surface area contributed by atoms with Crippen LogP contribution in [0.25, 0.3) is 0 Å². The maximum absolute atomic E-state index is 14.6. The fourth-order valence-corrected chi connectivity index (χ4v) is 7.32. The number of hydrogen-bond acceptors (Lipinski definition) is 4. The van der Waals surface area contributed by atoms with E-state index in [1.165, 1.54) is 3.51 Å². The van der Waals surface area contributed by atoms with Crippen molar-refractivity contribution in [2.24, 2.45) is 0 Å². The Morgan fingerprint density at radius 3 is 2.17 bits per heavy atom. The summed E-state index contributed by atoms with van der Waals surface area (Å²) in [6.45, 7) is 4.89. The van der Waals surface area contributed by atoms with Crippen molar-refractivity contribution in [1.29, 1.82) is 0 Å². The Kier molecular flexibility index (Phi) is 8.35. The van der Waals surface area contributed by atoms with Crippen molar-refractivity contribution in [3.63, 3.8) is 0 Å². The van der Waals surface area contributed by atoms with E-state index in [0.717, 1.165) is 36.4 Å². The standard InChI is InChI=1S/C25H25FN3O.C2H6N.CH3.Sb/c1-2-19-12-13-24(22(26)18-19)29-16-14-28(15-17-29)23-11-7-6-10-21(23)25(30)27-20-8-4-3-5-9-20;1-3-2;;/h4-13,18H,2,14-17H2,1H3,(H,27,30);1-2H3;1H3;/q;-1;;+2. The van der Waals surface area contributed by atoms with Crippen LogP contribution in [0.2, 0.25) is 4.87 Å². The molecule has 5 nitrogen and oxygen atoms in total. The molecule has 1 heterocycles. The van der Waals surface area contributed by atoms with Crippen LogP contribution in [0, 0.1) is 5.82 Å². The van der Waals surface area contributed by atoms with Gasteiger partial charge in [-0.15, -0.1) is 0 Å². The van der Waals surface area contributed by atoms with Crippen LogP contribution in [0.3, 0.4) is 0 Å². The van der Waals surface area contributed by atoms with Crippen molar-refractivity contribution in [3.8, 4) is 0 Å². The first-order valence-corrected chi connectivity index (χ1v) is 17.0. The molecule has 1 aliphatic heterocycles. The summed E-state index contributed by atoms with van der Waals surface area (Å²) in [6, 6.07) is 21.5. The van der Waals surface area contributed by atoms with Gasteiger partial charge in [-0.1, -0.05) is 13.0 Å². The Labute approximate surface area is 215 Å². The van der Waals surface area contributed by atoms with Gasteiger partial charge in [0.2, 0.25) is 0 Å². The van der Waals surface area contributed by atoms with Gasteiger partial charge in [-0.2, -0.15) is 0 Å². The molecule has 0 unspecified atom stereocenters. The van der Waals surface area contributed by atoms with Crippen LogP contribution in [-0.4, -0.2) is 69.7 Å². The fraction of sp³-hybridized carbons (Fsp3) is 0.321. The molecule has 1 radical (unpaired) electrons. The fourth-order valence-electron chi connectivity index (χ4n) is 4.35. The van der Waals surface area contributed by atoms with Gasteiger partial charge in [-0.05, 0) is 24.1 Å². The zero-order chi connectivity index (χ0) is 24.9. The monoisotopic (exact) mass is 582 g/mol. The van der Waals surface area contributed by atoms with E-state index in [1.54, 1.807) is 6.07 Å². The number of para-hydroxylation sites is 1. The third-order valence-electron chi connectivity index (χ3n) is 6.63. The molecule has 0 bridgehead atoms. The summed E-state index contributed by atoms with van der Waals surface area (Å²) in [6.07, 6.45) is 0.825. The van der Waals surface area contributed by atoms with Crippen molar-refractivity contribution in [2.75, 3.05) is 55.4 Å². The number of benzene rings is 3. The van der Waals surface area contributed by atoms with Crippen molar-refractivity contribution in [3.05, 3.63) is 83.7 Å². The van der Waals surface area contributed by atoms with Gasteiger partial charge in [-0.3, -0.25) is 0 Å². The summed E-state index contributed by atoms with van der Waals surface area (Å²) in [5.41, 5.74) is 4.04. The topological polar surface area (TPSA) is 38.8 Å². The number of carbonyl (C=O) groups excluding carboxylic acids is 1. The quantitative estimate of drug-likeness (QED) is 0.420. The molecule has 1 amide bonds. The van der Waals surface area contributed by atoms with E-state index in [-0.39, 0.29) is 11.7 Å². The minimum absolute atomic E-state index is 0.112. The Balaban J connectivity index is 1.43. The smallest absolute Gasteiger partial charge is 0.146 e. The van der Waals surface area contributed by atoms with Crippen LogP contribution in [0.5, 0.6) is 0 Å². The zero-order valence-electron chi connectivity index (χ0n) is 21.0. The largest absolute Gasteiger partial charge is 0.205 e. The molecule has 35 heavy (non-hydrogen) atoms. The van der Waals surface area contributed by atoms with Gasteiger partial charge in [0.05, 0.1) is 5.69 Å². The molecule has 1 aliphatic rings. The van der Waals surface area contributed by atoms with E-state index < -0.39 is 20.5 Å². The Hall–Kier alpha value is -2.56. The first-order chi connectivity index (χ1) is 16.9. The van der Waals surface area contributed by atoms with Gasteiger partial charge in [0, 0.05) is 0 Å². The third-order valence-corrected chi connectivity index (χ3v) is 13.0. The minimum atomic E-state index is -1.58. The molecule has 1 fully saturated rings. The minimum Gasteiger partial charge on any atom is -0.205 e. The summed E-state index contributed by atoms with van der Waals surface area (Å²) in [5, 5.41) is 3.07. The third kappa shape index (κ3) is 5.99. The van der Waals surface area contributed by atoms with Gasteiger partial charge in [0.25, 0.3) is 0 Å². The van der Waals surface area contributed by atoms with E-state index in [4.69, 9.17) is 0 Å². The molecule has 3 aromatic rings. The van der Waals surface area contributed by atoms with E-state index in [1.807, 2.05) is 55.5 Å². The molecule has 183 valence electrons. The maximum Gasteiger partial charge on any atom is 0.146 e. The molecule has 1 saturated heterocycles. The summed E-state index contributed by atoms with van der Waals surface area (Å²) in [5.74, 6) is -0.272. The summed E-state index contributed by atoms with van der Waals surface area (Å²) in [7, 11) is 4.27. The van der Waals surface area contributed by atoms with Crippen molar-refractivity contribution < 1.29 is 9.18 Å². The number of rotatable bonds is 7. The molecule has 1 N–H and O–H groups in total. The molecule has 7 heteroatoms. The normalized spacial score (nSPS) is 14.0. The molecular formula is C28H34FN4OSb+. The molecule has 3 aromatic carbocycles. The van der Waals surface area contributed by atoms with Gasteiger partial charge >= 0.3 is 163 Å². The summed E-state index contributed by atoms with van der Waals surface area (Å²) >= 11 is -1.58. The van der Waals surface area contributed by atoms with Crippen molar-refractivity contribution in [2.45, 2.75) is 18.2 Å². The Morgan fingerprint density at radius 1 is 0.943 bits per heavy atom. The molecule has 4 rings (SSSR count). The van der Waals surface area contributed by atoms with Gasteiger partial charge in [0.1, 0.15) is 5.82 Å². The summed E-state index contributed by atoms with van der Waals surface area (Å²) < 4.78 is 18.3. The van der Waals surface area contributed by atoms with Crippen LogP contribution >= 0.6 is 0 Å². The van der Waals surface area contributed by atoms with Crippen LogP contribution in [0.15, 0.2) is 66.7 Å². The average molecular weight is 583 g/mol. The van der Waals surface area contributed by atoms with Gasteiger partial charge < -0.3 is 0 Å². The summed E-state index contributed by atoms with van der Waals surface area (Å²) in [4.78, 5) is 19.8. The van der Waals surface area contributed by atoms with Crippen LogP contribution < -0.4 is 18.6 Å². The second kappa shape index (κ2) is 11.4. The number of carbonyl (C=O) groups is 1. The Morgan fingerprint density at radius 2 is 1.57 bits per heavy atom. The van der Waals surface area contributed by atoms with Crippen LogP contribution in [0.1, 0.15) is 22.8 Å². The van der Waals surface area contributed by atoms with Gasteiger partial charge in [-0.25, -0.2) is 4.39 Å². The average Bonchev–Trinajstić information content (AvgIpc) is 2.88. The first kappa shape index (κ1) is 25.5. The molecular weight excluding hydrogens is 549 g/mol. The molecule has 0 atom stereocenters. The number of anilines is 3. The van der Waals surface area contributed by atoms with E-state index in [0.29, 0.717) is 24.3 Å². The predicted octanol–water partition coefficient (Wildman–Crippen LogP) is 4.36. The molecule has 0 spiro atoms. The van der Waals surface area contributed by atoms with Crippen molar-refractivity contribution >= 4 is 47.0 Å². The van der Waals surface area contributed by atoms with E-state index in [2.05, 4.69) is 49.3 Å². The molecule has 0 saturated carbocycles. The number of nitrogens with one attached hydrogen (secondary N) is 1. The van der Waals surface area contributed by atoms with Crippen LogP contribution in [0.4, 0.5) is 21.5 Å². The number of aryl methyl sites for hydroxylation is 1. The number of amides is 1. The predicted molar refractivity (Wildman–Crippen MR) is 146 cm³/mol. The zero-order valence-corrected chi connectivity index (χ0v) is 23.5. The SMILES string of the molecule is CCc1ccc(N2CCN(c3ccccc3C(=O)Nc3cc[c]([Sb+]([CH3])[N](C)C)cc3)CC2)c(F)c1. The number of hydrogen-bond donors (Lipinski definition) is 1. The Bertz CT molecular complexity index is 1160. The van der Waals surface area contributed by atoms with Crippen molar-refractivity contribution in [1.82, 2.24) is 3.06 Å². The molecule has 0 aliphatic carbocycles. The first-order valence-electron chi connectivity index (χ1n) is 12.1. The second-order valence-electron chi connectivity index (χ2n) is 9.00.